The van der Waals surface area contributed by atoms with Crippen LogP contribution in [-0.4, -0.2) is 30.0 Å². The maximum atomic E-state index is 12.0. The summed E-state index contributed by atoms with van der Waals surface area (Å²) in [5.74, 6) is 1.67. The fraction of sp³-hybridized carbons (Fsp3) is 0.150. The van der Waals surface area contributed by atoms with Crippen LogP contribution in [0.5, 0.6) is 5.75 Å². The minimum Gasteiger partial charge on any atom is -0.497 e. The number of thioether (sulfide) groups is 1. The molecule has 0 fully saturated rings. The van der Waals surface area contributed by atoms with Crippen LogP contribution >= 0.6 is 23.1 Å². The molecule has 0 aliphatic carbocycles. The first-order chi connectivity index (χ1) is 13.2. The van der Waals surface area contributed by atoms with E-state index in [9.17, 15) is 9.59 Å². The summed E-state index contributed by atoms with van der Waals surface area (Å²) >= 11 is 3.07. The lowest BCUT2D eigenvalue weighted by atomic mass is 10.2. The van der Waals surface area contributed by atoms with Crippen molar-refractivity contribution >= 4 is 41.0 Å². The van der Waals surface area contributed by atoms with Gasteiger partial charge in [-0.15, -0.1) is 23.1 Å². The Morgan fingerprint density at radius 3 is 2.93 bits per heavy atom. The van der Waals surface area contributed by atoms with Gasteiger partial charge in [0, 0.05) is 27.9 Å². The van der Waals surface area contributed by atoms with Crippen molar-refractivity contribution in [2.75, 3.05) is 18.2 Å². The lowest BCUT2D eigenvalue weighted by Crippen LogP contribution is -2.14. The molecule has 1 aromatic heterocycles. The minimum atomic E-state index is -0.105. The number of rotatable bonds is 8. The molecule has 0 bridgehead atoms. The van der Waals surface area contributed by atoms with E-state index in [1.807, 2.05) is 29.6 Å². The van der Waals surface area contributed by atoms with E-state index < -0.39 is 0 Å². The summed E-state index contributed by atoms with van der Waals surface area (Å²) in [6, 6.07) is 14.6. The third kappa shape index (κ3) is 5.42. The van der Waals surface area contributed by atoms with Crippen molar-refractivity contribution in [2.45, 2.75) is 5.75 Å². The number of thiazole rings is 1. The second-order valence-corrected chi connectivity index (χ2v) is 7.50. The average molecular weight is 399 g/mol. The summed E-state index contributed by atoms with van der Waals surface area (Å²) in [6.07, 6.45) is 0.757. The maximum Gasteiger partial charge on any atom is 0.234 e. The molecule has 2 aromatic carbocycles. The minimum absolute atomic E-state index is 0.105. The van der Waals surface area contributed by atoms with Crippen LogP contribution < -0.4 is 10.1 Å². The van der Waals surface area contributed by atoms with Gasteiger partial charge in [0.1, 0.15) is 17.0 Å². The number of benzene rings is 2. The SMILES string of the molecule is COc1cccc(-c2nc(CSCC(=O)Nc3cccc(C=O)c3)cs2)c1. The number of anilines is 1. The number of hydrogen-bond acceptors (Lipinski definition) is 6. The predicted molar refractivity (Wildman–Crippen MR) is 111 cm³/mol. The molecule has 0 saturated carbocycles. The van der Waals surface area contributed by atoms with Crippen molar-refractivity contribution < 1.29 is 14.3 Å². The summed E-state index contributed by atoms with van der Waals surface area (Å²) in [6.45, 7) is 0. The summed E-state index contributed by atoms with van der Waals surface area (Å²) in [5.41, 5.74) is 3.12. The smallest absolute Gasteiger partial charge is 0.234 e. The summed E-state index contributed by atoms with van der Waals surface area (Å²) in [4.78, 5) is 27.5. The van der Waals surface area contributed by atoms with Crippen LogP contribution in [0.15, 0.2) is 53.9 Å². The molecule has 0 unspecified atom stereocenters. The van der Waals surface area contributed by atoms with Crippen molar-refractivity contribution in [3.05, 3.63) is 65.2 Å². The van der Waals surface area contributed by atoms with Crippen molar-refractivity contribution in [3.63, 3.8) is 0 Å². The van der Waals surface area contributed by atoms with E-state index in [2.05, 4.69) is 10.3 Å². The van der Waals surface area contributed by atoms with Gasteiger partial charge in [0.15, 0.2) is 0 Å². The van der Waals surface area contributed by atoms with E-state index in [0.717, 1.165) is 28.3 Å². The fourth-order valence-electron chi connectivity index (χ4n) is 2.40. The summed E-state index contributed by atoms with van der Waals surface area (Å²) in [5, 5.41) is 5.73. The molecule has 5 nitrogen and oxygen atoms in total. The molecule has 0 spiro atoms. The molecule has 1 amide bonds. The van der Waals surface area contributed by atoms with Crippen molar-refractivity contribution in [1.82, 2.24) is 4.98 Å². The molecule has 27 heavy (non-hydrogen) atoms. The van der Waals surface area contributed by atoms with Gasteiger partial charge in [-0.3, -0.25) is 9.59 Å². The Hall–Kier alpha value is -2.64. The first kappa shape index (κ1) is 19.1. The second-order valence-electron chi connectivity index (χ2n) is 5.66. The predicted octanol–water partition coefficient (Wildman–Crippen LogP) is 4.50. The van der Waals surface area contributed by atoms with E-state index in [1.54, 1.807) is 42.7 Å². The number of nitrogens with one attached hydrogen (secondary N) is 1. The Bertz CT molecular complexity index is 940. The molecule has 0 aliphatic heterocycles. The average Bonchev–Trinajstić information content (AvgIpc) is 3.17. The first-order valence-electron chi connectivity index (χ1n) is 8.19. The van der Waals surface area contributed by atoms with Crippen LogP contribution in [0.1, 0.15) is 16.1 Å². The molecule has 0 aliphatic rings. The van der Waals surface area contributed by atoms with Crippen LogP contribution in [0.25, 0.3) is 10.6 Å². The van der Waals surface area contributed by atoms with Crippen LogP contribution in [0.2, 0.25) is 0 Å². The van der Waals surface area contributed by atoms with Crippen LogP contribution in [0.4, 0.5) is 5.69 Å². The first-order valence-corrected chi connectivity index (χ1v) is 10.2. The molecule has 138 valence electrons. The monoisotopic (exact) mass is 398 g/mol. The topological polar surface area (TPSA) is 68.3 Å². The number of ether oxygens (including phenoxy) is 1. The Kier molecular flexibility index (Phi) is 6.62. The second kappa shape index (κ2) is 9.34. The van der Waals surface area contributed by atoms with E-state index >= 15 is 0 Å². The van der Waals surface area contributed by atoms with Gasteiger partial charge in [0.25, 0.3) is 0 Å². The van der Waals surface area contributed by atoms with Gasteiger partial charge in [0.2, 0.25) is 5.91 Å². The van der Waals surface area contributed by atoms with Crippen LogP contribution in [-0.2, 0) is 10.5 Å². The molecule has 0 atom stereocenters. The largest absolute Gasteiger partial charge is 0.497 e. The van der Waals surface area contributed by atoms with Crippen molar-refractivity contribution in [3.8, 4) is 16.3 Å². The molecule has 1 heterocycles. The maximum absolute atomic E-state index is 12.0. The molecule has 0 saturated heterocycles. The number of carbonyl (C=O) groups is 2. The van der Waals surface area contributed by atoms with Crippen molar-refractivity contribution in [2.24, 2.45) is 0 Å². The van der Waals surface area contributed by atoms with Gasteiger partial charge in [-0.05, 0) is 24.3 Å². The van der Waals surface area contributed by atoms with Gasteiger partial charge in [-0.2, -0.15) is 0 Å². The molecular weight excluding hydrogens is 380 g/mol. The lowest BCUT2D eigenvalue weighted by molar-refractivity contribution is -0.113. The van der Waals surface area contributed by atoms with Gasteiger partial charge < -0.3 is 10.1 Å². The quantitative estimate of drug-likeness (QED) is 0.566. The zero-order valence-corrected chi connectivity index (χ0v) is 16.3. The molecule has 0 radical (unpaired) electrons. The third-order valence-corrected chi connectivity index (χ3v) is 5.56. The number of aldehydes is 1. The van der Waals surface area contributed by atoms with Crippen molar-refractivity contribution in [1.29, 1.82) is 0 Å². The molecule has 7 heteroatoms. The summed E-state index contributed by atoms with van der Waals surface area (Å²) < 4.78 is 5.25. The molecule has 3 aromatic rings. The van der Waals surface area contributed by atoms with E-state index in [-0.39, 0.29) is 5.91 Å². The Morgan fingerprint density at radius 2 is 2.11 bits per heavy atom. The Labute approximate surface area is 165 Å². The standard InChI is InChI=1S/C20H18N2O3S2/c1-25-18-7-3-5-15(9-18)20-22-17(12-27-20)11-26-13-19(24)21-16-6-2-4-14(8-16)10-23/h2-10,12H,11,13H2,1H3,(H,21,24). The fourth-order valence-corrected chi connectivity index (χ4v) is 4.04. The molecule has 1 N–H and O–H groups in total. The third-order valence-electron chi connectivity index (χ3n) is 3.66. The number of carbonyl (C=O) groups excluding carboxylic acids is 2. The van der Waals surface area contributed by atoms with Gasteiger partial charge in [0.05, 0.1) is 18.6 Å². The van der Waals surface area contributed by atoms with Crippen LogP contribution in [0.3, 0.4) is 0 Å². The highest BCUT2D eigenvalue weighted by Gasteiger charge is 2.08. The van der Waals surface area contributed by atoms with E-state index in [1.165, 1.54) is 11.8 Å². The zero-order valence-electron chi connectivity index (χ0n) is 14.7. The van der Waals surface area contributed by atoms with Gasteiger partial charge in [-0.1, -0.05) is 24.3 Å². The van der Waals surface area contributed by atoms with E-state index in [0.29, 0.717) is 22.8 Å². The number of amides is 1. The van der Waals surface area contributed by atoms with E-state index in [4.69, 9.17) is 4.74 Å². The normalized spacial score (nSPS) is 10.4. The number of nitrogens with zero attached hydrogens (tertiary/aromatic N) is 1. The lowest BCUT2D eigenvalue weighted by Gasteiger charge is -2.05. The van der Waals surface area contributed by atoms with Gasteiger partial charge in [-0.25, -0.2) is 4.98 Å². The Morgan fingerprint density at radius 1 is 1.26 bits per heavy atom. The van der Waals surface area contributed by atoms with Crippen LogP contribution in [0, 0.1) is 0 Å². The van der Waals surface area contributed by atoms with Gasteiger partial charge >= 0.3 is 0 Å². The highest BCUT2D eigenvalue weighted by molar-refractivity contribution is 7.99. The number of methoxy groups -OCH3 is 1. The zero-order chi connectivity index (χ0) is 19.1. The summed E-state index contributed by atoms with van der Waals surface area (Å²) in [7, 11) is 1.64. The highest BCUT2D eigenvalue weighted by atomic mass is 32.2. The molecule has 3 rings (SSSR count). The Balaban J connectivity index is 1.51. The molecular formula is C20H18N2O3S2. The number of aromatic nitrogens is 1. The number of hydrogen-bond donors (Lipinski definition) is 1. The highest BCUT2D eigenvalue weighted by Crippen LogP contribution is 2.28.